The van der Waals surface area contributed by atoms with Crippen LogP contribution in [0.15, 0.2) is 34.5 Å². The van der Waals surface area contributed by atoms with Gasteiger partial charge in [-0.2, -0.15) is 0 Å². The Morgan fingerprint density at radius 3 is 2.50 bits per heavy atom. The molecule has 1 aliphatic heterocycles. The average Bonchev–Trinajstić information content (AvgIpc) is 3.03. The minimum absolute atomic E-state index is 0.0685. The van der Waals surface area contributed by atoms with Crippen LogP contribution in [0.3, 0.4) is 0 Å². The first-order valence-corrected chi connectivity index (χ1v) is 10.9. The Bertz CT molecular complexity index is 866. The molecule has 1 aliphatic rings. The number of fused-ring (bicyclic) bond motifs is 1. The van der Waals surface area contributed by atoms with E-state index in [1.807, 2.05) is 28.8 Å². The Labute approximate surface area is 178 Å². The number of amides is 1. The van der Waals surface area contributed by atoms with E-state index < -0.39 is 0 Å². The summed E-state index contributed by atoms with van der Waals surface area (Å²) in [6, 6.07) is 7.72. The second kappa shape index (κ2) is 10.7. The van der Waals surface area contributed by atoms with Gasteiger partial charge in [0.1, 0.15) is 0 Å². The Morgan fingerprint density at radius 1 is 1.10 bits per heavy atom. The molecule has 3 rings (SSSR count). The summed E-state index contributed by atoms with van der Waals surface area (Å²) in [6.07, 6.45) is 0.342. The highest BCUT2D eigenvalue weighted by Crippen LogP contribution is 2.38. The highest BCUT2D eigenvalue weighted by molar-refractivity contribution is 5.95. The maximum Gasteiger partial charge on any atom is 0.266 e. The zero-order chi connectivity index (χ0) is 21.5. The van der Waals surface area contributed by atoms with Crippen LogP contribution in [-0.4, -0.2) is 89.7 Å². The molecule has 8 nitrogen and oxygen atoms in total. The molecule has 0 atom stereocenters. The first-order valence-electron chi connectivity index (χ1n) is 10.9. The number of azo groups is 1. The summed E-state index contributed by atoms with van der Waals surface area (Å²) in [6.45, 7) is 12.4. The highest BCUT2D eigenvalue weighted by Gasteiger charge is 2.18. The van der Waals surface area contributed by atoms with E-state index in [1.165, 1.54) is 0 Å². The molecule has 1 N–H and O–H groups in total. The van der Waals surface area contributed by atoms with Crippen molar-refractivity contribution in [3.63, 3.8) is 0 Å². The van der Waals surface area contributed by atoms with Crippen LogP contribution in [0.2, 0.25) is 0 Å². The number of carbonyl (C=O) groups excluding carboxylic acids is 1. The van der Waals surface area contributed by atoms with Crippen LogP contribution in [0, 0.1) is 0 Å². The lowest BCUT2D eigenvalue weighted by Gasteiger charge is -2.31. The maximum absolute atomic E-state index is 12.3. The summed E-state index contributed by atoms with van der Waals surface area (Å²) in [7, 11) is 2.11. The fourth-order valence-electron chi connectivity index (χ4n) is 3.86. The smallest absolute Gasteiger partial charge is 0.266 e. The summed E-state index contributed by atoms with van der Waals surface area (Å²) in [5.41, 5.74) is 1.28. The van der Waals surface area contributed by atoms with Crippen molar-refractivity contribution >= 4 is 22.5 Å². The summed E-state index contributed by atoms with van der Waals surface area (Å²) in [5, 5.41) is 19.7. The van der Waals surface area contributed by atoms with Crippen LogP contribution in [-0.2, 0) is 11.3 Å². The lowest BCUT2D eigenvalue weighted by molar-refractivity contribution is -0.118. The van der Waals surface area contributed by atoms with Gasteiger partial charge in [0, 0.05) is 57.6 Å². The largest absolute Gasteiger partial charge is 0.493 e. The number of carbonyl (C=O) groups is 1. The number of rotatable bonds is 9. The number of piperazine rings is 1. The Morgan fingerprint density at radius 2 is 1.80 bits per heavy atom. The molecule has 30 heavy (non-hydrogen) atoms. The molecular weight excluding hydrogens is 380 g/mol. The molecule has 164 valence electrons. The summed E-state index contributed by atoms with van der Waals surface area (Å²) in [4.78, 5) is 19.2. The van der Waals surface area contributed by atoms with E-state index in [-0.39, 0.29) is 11.8 Å². The molecule has 2 heterocycles. The van der Waals surface area contributed by atoms with Crippen molar-refractivity contribution in [1.29, 1.82) is 0 Å². The summed E-state index contributed by atoms with van der Waals surface area (Å²) >= 11 is 0. The molecule has 1 fully saturated rings. The van der Waals surface area contributed by atoms with Gasteiger partial charge in [0.15, 0.2) is 5.69 Å². The monoisotopic (exact) mass is 414 g/mol. The highest BCUT2D eigenvalue weighted by atomic mass is 16.3. The molecule has 2 aromatic rings. The summed E-state index contributed by atoms with van der Waals surface area (Å²) in [5.74, 6) is -0.188. The lowest BCUT2D eigenvalue weighted by atomic mass is 10.2. The van der Waals surface area contributed by atoms with Gasteiger partial charge in [0.2, 0.25) is 5.88 Å². The van der Waals surface area contributed by atoms with Crippen molar-refractivity contribution in [2.45, 2.75) is 26.8 Å². The van der Waals surface area contributed by atoms with Crippen LogP contribution in [0.5, 0.6) is 5.88 Å². The van der Waals surface area contributed by atoms with Crippen molar-refractivity contribution in [1.82, 2.24) is 19.3 Å². The number of hydrogen-bond acceptors (Lipinski definition) is 6. The molecule has 0 spiro atoms. The first-order chi connectivity index (χ1) is 14.5. The predicted octanol–water partition coefficient (Wildman–Crippen LogP) is 2.94. The molecule has 0 unspecified atom stereocenters. The predicted molar refractivity (Wildman–Crippen MR) is 119 cm³/mol. The van der Waals surface area contributed by atoms with Gasteiger partial charge in [0.25, 0.3) is 5.91 Å². The Balaban J connectivity index is 1.69. The third kappa shape index (κ3) is 5.44. The van der Waals surface area contributed by atoms with Gasteiger partial charge in [-0.3, -0.25) is 4.79 Å². The van der Waals surface area contributed by atoms with Crippen LogP contribution >= 0.6 is 0 Å². The molecule has 0 bridgehead atoms. The first kappa shape index (κ1) is 22.4. The Hall–Kier alpha value is -2.29. The van der Waals surface area contributed by atoms with E-state index >= 15 is 0 Å². The molecule has 1 aromatic heterocycles. The third-order valence-corrected chi connectivity index (χ3v) is 5.95. The number of nitrogens with zero attached hydrogens (tertiary/aromatic N) is 6. The Kier molecular flexibility index (Phi) is 7.95. The standard InChI is InChI=1S/C22H34N6O2/c1-4-26(5-2)16-17-28-19-9-7-6-8-18(19)21(22(28)30)24-23-20(29)10-11-27-14-12-25(3)13-15-27/h6-9,30H,4-5,10-17H2,1-3H3. The third-order valence-electron chi connectivity index (χ3n) is 5.95. The molecule has 0 aliphatic carbocycles. The van der Waals surface area contributed by atoms with Crippen LogP contribution < -0.4 is 0 Å². The van der Waals surface area contributed by atoms with Gasteiger partial charge in [-0.15, -0.1) is 10.2 Å². The van der Waals surface area contributed by atoms with Crippen molar-refractivity contribution < 1.29 is 9.90 Å². The number of hydrogen-bond donors (Lipinski definition) is 1. The number of para-hydroxylation sites is 1. The second-order valence-corrected chi connectivity index (χ2v) is 7.86. The SMILES string of the molecule is CCN(CC)CCn1c(O)c(N=NC(=O)CCN2CCN(C)CC2)c2ccccc21. The molecule has 1 amide bonds. The van der Waals surface area contributed by atoms with Crippen molar-refractivity contribution in [2.75, 3.05) is 59.4 Å². The number of aromatic nitrogens is 1. The van der Waals surface area contributed by atoms with E-state index in [1.54, 1.807) is 0 Å². The molecular formula is C22H34N6O2. The van der Waals surface area contributed by atoms with Crippen LogP contribution in [0.1, 0.15) is 20.3 Å². The van der Waals surface area contributed by atoms with E-state index in [2.05, 4.69) is 45.8 Å². The van der Waals surface area contributed by atoms with E-state index in [0.29, 0.717) is 25.2 Å². The lowest BCUT2D eigenvalue weighted by Crippen LogP contribution is -2.44. The zero-order valence-corrected chi connectivity index (χ0v) is 18.4. The van der Waals surface area contributed by atoms with Crippen molar-refractivity contribution in [3.8, 4) is 5.88 Å². The molecule has 0 radical (unpaired) electrons. The van der Waals surface area contributed by atoms with Gasteiger partial charge < -0.3 is 24.4 Å². The number of likely N-dealkylation sites (N-methyl/N-ethyl adjacent to an activating group) is 2. The number of benzene rings is 1. The van der Waals surface area contributed by atoms with E-state index in [4.69, 9.17) is 0 Å². The second-order valence-electron chi connectivity index (χ2n) is 7.86. The van der Waals surface area contributed by atoms with Gasteiger partial charge in [-0.05, 0) is 26.2 Å². The molecule has 8 heteroatoms. The summed E-state index contributed by atoms with van der Waals surface area (Å²) < 4.78 is 1.86. The van der Waals surface area contributed by atoms with Crippen molar-refractivity contribution in [3.05, 3.63) is 24.3 Å². The maximum atomic E-state index is 12.3. The number of aromatic hydroxyl groups is 1. The van der Waals surface area contributed by atoms with Crippen LogP contribution in [0.4, 0.5) is 5.69 Å². The molecule has 1 aromatic carbocycles. The van der Waals surface area contributed by atoms with E-state index in [9.17, 15) is 9.90 Å². The molecule has 1 saturated heterocycles. The quantitative estimate of drug-likeness (QED) is 0.639. The average molecular weight is 415 g/mol. The van der Waals surface area contributed by atoms with Gasteiger partial charge in [-0.1, -0.05) is 32.0 Å². The fraction of sp³-hybridized carbons (Fsp3) is 0.591. The van der Waals surface area contributed by atoms with Gasteiger partial charge >= 0.3 is 0 Å². The van der Waals surface area contributed by atoms with Gasteiger partial charge in [-0.25, -0.2) is 0 Å². The normalized spacial score (nSPS) is 16.3. The van der Waals surface area contributed by atoms with Gasteiger partial charge in [0.05, 0.1) is 5.52 Å². The topological polar surface area (TPSA) is 76.7 Å². The molecule has 0 saturated carbocycles. The fourth-order valence-corrected chi connectivity index (χ4v) is 3.86. The minimum Gasteiger partial charge on any atom is -0.493 e. The zero-order valence-electron chi connectivity index (χ0n) is 18.4. The van der Waals surface area contributed by atoms with Crippen molar-refractivity contribution in [2.24, 2.45) is 10.2 Å². The van der Waals surface area contributed by atoms with E-state index in [0.717, 1.165) is 56.7 Å². The van der Waals surface area contributed by atoms with Crippen LogP contribution in [0.25, 0.3) is 10.9 Å². The minimum atomic E-state index is -0.256.